The van der Waals surface area contributed by atoms with Crippen molar-refractivity contribution in [2.24, 2.45) is 0 Å². The van der Waals surface area contributed by atoms with E-state index in [1.165, 1.54) is 0 Å². The van der Waals surface area contributed by atoms with Gasteiger partial charge in [0.2, 0.25) is 11.8 Å². The SMILES string of the molecule is CC1(C(=O)N(CCC(=O)O)Cc2ccc3cn[nH]c3c2)CCN1C(=O)Cc1csc2ccccc12. The van der Waals surface area contributed by atoms with Crippen molar-refractivity contribution in [3.63, 3.8) is 0 Å². The first-order valence-electron chi connectivity index (χ1n) is 11.5. The highest BCUT2D eigenvalue weighted by molar-refractivity contribution is 7.17. The molecule has 180 valence electrons. The summed E-state index contributed by atoms with van der Waals surface area (Å²) in [5, 5.41) is 20.2. The highest BCUT2D eigenvalue weighted by Gasteiger charge is 2.50. The molecule has 1 saturated heterocycles. The van der Waals surface area contributed by atoms with E-state index in [2.05, 4.69) is 10.2 Å². The number of benzene rings is 2. The number of aromatic nitrogens is 2. The summed E-state index contributed by atoms with van der Waals surface area (Å²) < 4.78 is 1.13. The Morgan fingerprint density at radius 1 is 1.23 bits per heavy atom. The summed E-state index contributed by atoms with van der Waals surface area (Å²) in [6, 6.07) is 13.7. The fraction of sp³-hybridized carbons (Fsp3) is 0.308. The lowest BCUT2D eigenvalue weighted by Gasteiger charge is -2.51. The summed E-state index contributed by atoms with van der Waals surface area (Å²) in [5.74, 6) is -1.28. The maximum Gasteiger partial charge on any atom is 0.305 e. The number of hydrogen-bond acceptors (Lipinski definition) is 5. The van der Waals surface area contributed by atoms with Gasteiger partial charge in [-0.25, -0.2) is 0 Å². The molecule has 0 aliphatic carbocycles. The molecule has 3 heterocycles. The predicted octanol–water partition coefficient (Wildman–Crippen LogP) is 3.81. The number of fused-ring (bicyclic) bond motifs is 2. The van der Waals surface area contributed by atoms with Gasteiger partial charge in [-0.2, -0.15) is 5.10 Å². The van der Waals surface area contributed by atoms with Crippen LogP contribution in [0, 0.1) is 0 Å². The Bertz CT molecular complexity index is 1430. The Morgan fingerprint density at radius 2 is 2.06 bits per heavy atom. The lowest BCUT2D eigenvalue weighted by Crippen LogP contribution is -2.68. The summed E-state index contributed by atoms with van der Waals surface area (Å²) >= 11 is 1.61. The van der Waals surface area contributed by atoms with Gasteiger partial charge in [-0.3, -0.25) is 19.5 Å². The van der Waals surface area contributed by atoms with E-state index >= 15 is 0 Å². The summed E-state index contributed by atoms with van der Waals surface area (Å²) in [4.78, 5) is 41.5. The number of nitrogens with zero attached hydrogens (tertiary/aromatic N) is 3. The first kappa shape index (κ1) is 23.0. The quantitative estimate of drug-likeness (QED) is 0.391. The number of aliphatic carboxylic acids is 1. The van der Waals surface area contributed by atoms with Crippen molar-refractivity contribution in [2.45, 2.75) is 38.3 Å². The topological polar surface area (TPSA) is 107 Å². The van der Waals surface area contributed by atoms with Gasteiger partial charge in [-0.1, -0.05) is 30.3 Å². The molecular formula is C26H26N4O4S. The van der Waals surface area contributed by atoms with Crippen molar-refractivity contribution in [3.8, 4) is 0 Å². The van der Waals surface area contributed by atoms with Crippen LogP contribution in [0.5, 0.6) is 0 Å². The Balaban J connectivity index is 1.35. The second-order valence-corrected chi connectivity index (χ2v) is 10.1. The van der Waals surface area contributed by atoms with Gasteiger partial charge in [-0.15, -0.1) is 11.3 Å². The maximum absolute atomic E-state index is 13.7. The Kier molecular flexibility index (Phi) is 6.02. The molecule has 1 aliphatic rings. The number of carbonyl (C=O) groups is 3. The molecule has 0 saturated carbocycles. The Morgan fingerprint density at radius 3 is 2.83 bits per heavy atom. The lowest BCUT2D eigenvalue weighted by molar-refractivity contribution is -0.164. The van der Waals surface area contributed by atoms with Gasteiger partial charge in [0, 0.05) is 29.7 Å². The number of H-pyrrole nitrogens is 1. The minimum Gasteiger partial charge on any atom is -0.481 e. The van der Waals surface area contributed by atoms with E-state index in [4.69, 9.17) is 0 Å². The molecule has 2 N–H and O–H groups in total. The fourth-order valence-corrected chi connectivity index (χ4v) is 5.70. The number of rotatable bonds is 8. The molecule has 8 nitrogen and oxygen atoms in total. The van der Waals surface area contributed by atoms with E-state index in [1.807, 2.05) is 47.8 Å². The summed E-state index contributed by atoms with van der Waals surface area (Å²) in [5.41, 5.74) is 1.70. The molecule has 0 spiro atoms. The van der Waals surface area contributed by atoms with Crippen LogP contribution in [0.4, 0.5) is 0 Å². The smallest absolute Gasteiger partial charge is 0.305 e. The molecule has 9 heteroatoms. The second kappa shape index (κ2) is 9.14. The second-order valence-electron chi connectivity index (χ2n) is 9.17. The number of amides is 2. The van der Waals surface area contributed by atoms with Gasteiger partial charge in [0.05, 0.1) is 24.6 Å². The van der Waals surface area contributed by atoms with Gasteiger partial charge < -0.3 is 14.9 Å². The van der Waals surface area contributed by atoms with Crippen molar-refractivity contribution in [1.29, 1.82) is 0 Å². The van der Waals surface area contributed by atoms with Crippen molar-refractivity contribution < 1.29 is 19.5 Å². The van der Waals surface area contributed by atoms with Crippen LogP contribution in [0.2, 0.25) is 0 Å². The van der Waals surface area contributed by atoms with Crippen molar-refractivity contribution in [3.05, 3.63) is 65.2 Å². The Hall–Kier alpha value is -3.72. The number of likely N-dealkylation sites (tertiary alicyclic amines) is 1. The minimum atomic E-state index is -0.987. The van der Waals surface area contributed by atoms with E-state index in [-0.39, 0.29) is 37.7 Å². The molecule has 0 bridgehead atoms. The largest absolute Gasteiger partial charge is 0.481 e. The average molecular weight is 491 g/mol. The van der Waals surface area contributed by atoms with E-state index < -0.39 is 11.5 Å². The summed E-state index contributed by atoms with van der Waals surface area (Å²) in [6.45, 7) is 2.63. The number of hydrogen-bond donors (Lipinski definition) is 2. The van der Waals surface area contributed by atoms with Gasteiger partial charge in [-0.05, 0) is 47.4 Å². The first-order valence-corrected chi connectivity index (χ1v) is 12.4. The summed E-state index contributed by atoms with van der Waals surface area (Å²) in [7, 11) is 0. The van der Waals surface area contributed by atoms with E-state index in [1.54, 1.807) is 34.3 Å². The van der Waals surface area contributed by atoms with Gasteiger partial charge in [0.25, 0.3) is 0 Å². The number of aromatic amines is 1. The molecule has 1 unspecified atom stereocenters. The van der Waals surface area contributed by atoms with Crippen molar-refractivity contribution in [1.82, 2.24) is 20.0 Å². The van der Waals surface area contributed by atoms with Crippen LogP contribution in [0.1, 0.15) is 30.9 Å². The number of carboxylic acid groups (broad SMARTS) is 1. The highest BCUT2D eigenvalue weighted by Crippen LogP contribution is 2.35. The van der Waals surface area contributed by atoms with Crippen LogP contribution in [-0.4, -0.2) is 61.5 Å². The number of nitrogens with one attached hydrogen (secondary N) is 1. The molecule has 5 rings (SSSR count). The zero-order valence-corrected chi connectivity index (χ0v) is 20.2. The van der Waals surface area contributed by atoms with Crippen molar-refractivity contribution in [2.75, 3.05) is 13.1 Å². The first-order chi connectivity index (χ1) is 16.8. The van der Waals surface area contributed by atoms with E-state index in [0.29, 0.717) is 13.0 Å². The molecule has 4 aromatic rings. The third kappa shape index (κ3) is 4.39. The minimum absolute atomic E-state index is 0.0714. The molecular weight excluding hydrogens is 464 g/mol. The fourth-order valence-electron chi connectivity index (χ4n) is 4.74. The van der Waals surface area contributed by atoms with E-state index in [0.717, 1.165) is 32.1 Å². The average Bonchev–Trinajstić information content (AvgIpc) is 3.46. The Labute approximate surface area is 206 Å². The van der Waals surface area contributed by atoms with Crippen LogP contribution in [0.25, 0.3) is 21.0 Å². The molecule has 1 atom stereocenters. The normalized spacial score (nSPS) is 17.5. The standard InChI is InChI=1S/C26H26N4O4S/c1-26(9-11-30(26)23(31)13-19-16-35-22-5-3-2-4-20(19)22)25(34)29(10-8-24(32)33)15-17-6-7-18-14-27-28-21(18)12-17/h2-7,12,14,16H,8-11,13,15H2,1H3,(H,27,28)(H,32,33). The lowest BCUT2D eigenvalue weighted by atomic mass is 9.84. The molecule has 2 aromatic heterocycles. The molecule has 35 heavy (non-hydrogen) atoms. The number of carbonyl (C=O) groups excluding carboxylic acids is 2. The van der Waals surface area contributed by atoms with Gasteiger partial charge in [0.15, 0.2) is 0 Å². The van der Waals surface area contributed by atoms with Gasteiger partial charge in [0.1, 0.15) is 5.54 Å². The van der Waals surface area contributed by atoms with Crippen LogP contribution in [0.3, 0.4) is 0 Å². The number of carboxylic acids is 1. The predicted molar refractivity (Wildman–Crippen MR) is 134 cm³/mol. The van der Waals surface area contributed by atoms with E-state index in [9.17, 15) is 19.5 Å². The van der Waals surface area contributed by atoms with Crippen LogP contribution < -0.4 is 0 Å². The molecule has 1 aliphatic heterocycles. The number of thiophene rings is 1. The third-order valence-electron chi connectivity index (χ3n) is 6.85. The third-order valence-corrected chi connectivity index (χ3v) is 7.86. The summed E-state index contributed by atoms with van der Waals surface area (Å²) in [6.07, 6.45) is 2.34. The van der Waals surface area contributed by atoms with Crippen molar-refractivity contribution >= 4 is 50.1 Å². The highest BCUT2D eigenvalue weighted by atomic mass is 32.1. The zero-order valence-electron chi connectivity index (χ0n) is 19.4. The zero-order chi connectivity index (χ0) is 24.6. The van der Waals surface area contributed by atoms with Gasteiger partial charge >= 0.3 is 5.97 Å². The maximum atomic E-state index is 13.7. The molecule has 1 fully saturated rings. The van der Waals surface area contributed by atoms with Crippen LogP contribution >= 0.6 is 11.3 Å². The monoisotopic (exact) mass is 490 g/mol. The molecule has 0 radical (unpaired) electrons. The van der Waals surface area contributed by atoms with Crippen LogP contribution in [0.15, 0.2) is 54.0 Å². The molecule has 2 aromatic carbocycles. The van der Waals surface area contributed by atoms with Crippen LogP contribution in [-0.2, 0) is 27.3 Å². The molecule has 2 amide bonds.